The Morgan fingerprint density at radius 1 is 1.41 bits per heavy atom. The van der Waals surface area contributed by atoms with E-state index < -0.39 is 0 Å². The first-order chi connectivity index (χ1) is 8.10. The summed E-state index contributed by atoms with van der Waals surface area (Å²) >= 11 is 6.11. The van der Waals surface area contributed by atoms with E-state index in [1.165, 1.54) is 6.33 Å². The zero-order valence-electron chi connectivity index (χ0n) is 10.8. The number of hydrogen-bond donors (Lipinski definition) is 1. The van der Waals surface area contributed by atoms with Crippen LogP contribution >= 0.6 is 11.6 Å². The van der Waals surface area contributed by atoms with Crippen LogP contribution in [-0.2, 0) is 4.74 Å². The highest BCUT2D eigenvalue weighted by atomic mass is 35.5. The lowest BCUT2D eigenvalue weighted by Gasteiger charge is -2.20. The maximum absolute atomic E-state index is 6.11. The van der Waals surface area contributed by atoms with Gasteiger partial charge in [-0.1, -0.05) is 32.4 Å². The molecule has 17 heavy (non-hydrogen) atoms. The molecular weight excluding hydrogens is 238 g/mol. The van der Waals surface area contributed by atoms with Crippen LogP contribution in [0.3, 0.4) is 0 Å². The van der Waals surface area contributed by atoms with E-state index in [-0.39, 0.29) is 12.0 Å². The van der Waals surface area contributed by atoms with E-state index in [4.69, 9.17) is 16.3 Å². The van der Waals surface area contributed by atoms with Gasteiger partial charge in [-0.3, -0.25) is 0 Å². The molecule has 1 heterocycles. The fourth-order valence-electron chi connectivity index (χ4n) is 1.66. The van der Waals surface area contributed by atoms with E-state index in [2.05, 4.69) is 36.1 Å². The second-order valence-electron chi connectivity index (χ2n) is 4.29. The predicted molar refractivity (Wildman–Crippen MR) is 70.7 cm³/mol. The van der Waals surface area contributed by atoms with Gasteiger partial charge in [-0.05, 0) is 12.3 Å². The summed E-state index contributed by atoms with van der Waals surface area (Å²) in [6.07, 6.45) is 2.45. The maximum Gasteiger partial charge on any atom is 0.138 e. The Morgan fingerprint density at radius 3 is 2.65 bits per heavy atom. The fourth-order valence-corrected chi connectivity index (χ4v) is 2.01. The minimum absolute atomic E-state index is 0.239. The third kappa shape index (κ3) is 3.82. The van der Waals surface area contributed by atoms with Crippen LogP contribution in [-0.4, -0.2) is 29.7 Å². The molecule has 4 nitrogen and oxygen atoms in total. The van der Waals surface area contributed by atoms with Gasteiger partial charge in [-0.25, -0.2) is 9.97 Å². The molecule has 1 N–H and O–H groups in total. The van der Waals surface area contributed by atoms with Gasteiger partial charge in [0.25, 0.3) is 0 Å². The van der Waals surface area contributed by atoms with Crippen molar-refractivity contribution in [2.45, 2.75) is 39.2 Å². The molecule has 0 bridgehead atoms. The summed E-state index contributed by atoms with van der Waals surface area (Å²) in [5, 5.41) is 3.88. The molecule has 0 amide bonds. The Kier molecular flexibility index (Phi) is 5.65. The summed E-state index contributed by atoms with van der Waals surface area (Å²) in [6.45, 7) is 6.91. The molecule has 5 heteroatoms. The van der Waals surface area contributed by atoms with E-state index in [0.29, 0.717) is 11.8 Å². The quantitative estimate of drug-likeness (QED) is 0.796. The van der Waals surface area contributed by atoms with Crippen molar-refractivity contribution in [3.8, 4) is 0 Å². The van der Waals surface area contributed by atoms with Crippen molar-refractivity contribution in [2.24, 2.45) is 0 Å². The molecule has 1 unspecified atom stereocenters. The van der Waals surface area contributed by atoms with Crippen molar-refractivity contribution in [2.75, 3.05) is 19.0 Å². The number of aromatic nitrogens is 2. The first-order valence-electron chi connectivity index (χ1n) is 5.86. The SMILES string of the molecule is CCC(COC)Nc1ncnc(Cl)c1C(C)C. The molecule has 1 atom stereocenters. The average molecular weight is 258 g/mol. The van der Waals surface area contributed by atoms with Gasteiger partial charge in [-0.15, -0.1) is 0 Å². The molecule has 1 aromatic heterocycles. The van der Waals surface area contributed by atoms with Crippen LogP contribution in [0.25, 0.3) is 0 Å². The standard InChI is InChI=1S/C12H20ClN3O/c1-5-9(6-17-4)16-12-10(8(2)3)11(13)14-7-15-12/h7-9H,5-6H2,1-4H3,(H,14,15,16). The van der Waals surface area contributed by atoms with E-state index in [1.54, 1.807) is 7.11 Å². The number of hydrogen-bond acceptors (Lipinski definition) is 4. The smallest absolute Gasteiger partial charge is 0.138 e. The molecule has 0 aromatic carbocycles. The monoisotopic (exact) mass is 257 g/mol. The fraction of sp³-hybridized carbons (Fsp3) is 0.667. The molecule has 0 saturated carbocycles. The highest BCUT2D eigenvalue weighted by Gasteiger charge is 2.16. The number of nitrogens with zero attached hydrogens (tertiary/aromatic N) is 2. The molecule has 0 fully saturated rings. The van der Waals surface area contributed by atoms with Gasteiger partial charge in [0.1, 0.15) is 17.3 Å². The van der Waals surface area contributed by atoms with Crippen LogP contribution in [0.15, 0.2) is 6.33 Å². The van der Waals surface area contributed by atoms with Gasteiger partial charge in [0, 0.05) is 12.7 Å². The molecule has 0 aliphatic carbocycles. The lowest BCUT2D eigenvalue weighted by atomic mass is 10.1. The van der Waals surface area contributed by atoms with Crippen molar-refractivity contribution in [3.63, 3.8) is 0 Å². The first-order valence-corrected chi connectivity index (χ1v) is 6.23. The number of rotatable bonds is 6. The first kappa shape index (κ1) is 14.2. The Morgan fingerprint density at radius 2 is 2.12 bits per heavy atom. The van der Waals surface area contributed by atoms with Gasteiger partial charge in [0.2, 0.25) is 0 Å². The molecule has 96 valence electrons. The number of methoxy groups -OCH3 is 1. The van der Waals surface area contributed by atoms with E-state index in [0.717, 1.165) is 17.8 Å². The lowest BCUT2D eigenvalue weighted by molar-refractivity contribution is 0.184. The number of ether oxygens (including phenoxy) is 1. The number of halogens is 1. The zero-order valence-corrected chi connectivity index (χ0v) is 11.6. The Hall–Kier alpha value is -0.870. The largest absolute Gasteiger partial charge is 0.383 e. The molecule has 1 rings (SSSR count). The second-order valence-corrected chi connectivity index (χ2v) is 4.64. The van der Waals surface area contributed by atoms with Crippen molar-refractivity contribution in [1.29, 1.82) is 0 Å². The lowest BCUT2D eigenvalue weighted by Crippen LogP contribution is -2.25. The van der Waals surface area contributed by atoms with Crippen molar-refractivity contribution in [3.05, 3.63) is 17.0 Å². The average Bonchev–Trinajstić information content (AvgIpc) is 2.28. The Labute approximate surface area is 108 Å². The summed E-state index contributed by atoms with van der Waals surface area (Å²) in [5.41, 5.74) is 0.962. The summed E-state index contributed by atoms with van der Waals surface area (Å²) < 4.78 is 5.16. The molecule has 0 saturated heterocycles. The summed E-state index contributed by atoms with van der Waals surface area (Å²) in [6, 6.07) is 0.239. The highest BCUT2D eigenvalue weighted by molar-refractivity contribution is 6.30. The van der Waals surface area contributed by atoms with Crippen LogP contribution in [0.1, 0.15) is 38.7 Å². The number of anilines is 1. The predicted octanol–water partition coefficient (Wildman–Crippen LogP) is 3.09. The molecular formula is C12H20ClN3O. The van der Waals surface area contributed by atoms with Gasteiger partial charge in [-0.2, -0.15) is 0 Å². The minimum Gasteiger partial charge on any atom is -0.383 e. The van der Waals surface area contributed by atoms with E-state index >= 15 is 0 Å². The highest BCUT2D eigenvalue weighted by Crippen LogP contribution is 2.28. The second kappa shape index (κ2) is 6.77. The van der Waals surface area contributed by atoms with Crippen molar-refractivity contribution in [1.82, 2.24) is 9.97 Å². The Bertz CT molecular complexity index is 358. The zero-order chi connectivity index (χ0) is 12.8. The van der Waals surface area contributed by atoms with Gasteiger partial charge in [0.05, 0.1) is 12.6 Å². The third-order valence-electron chi connectivity index (χ3n) is 2.61. The van der Waals surface area contributed by atoms with Crippen molar-refractivity contribution < 1.29 is 4.74 Å². The molecule has 0 aliphatic heterocycles. The van der Waals surface area contributed by atoms with E-state index in [1.807, 2.05) is 0 Å². The molecule has 0 radical (unpaired) electrons. The summed E-state index contributed by atoms with van der Waals surface area (Å²) in [5.74, 6) is 1.09. The van der Waals surface area contributed by atoms with Crippen LogP contribution < -0.4 is 5.32 Å². The minimum atomic E-state index is 0.239. The third-order valence-corrected chi connectivity index (χ3v) is 2.92. The Balaban J connectivity index is 2.93. The van der Waals surface area contributed by atoms with Crippen LogP contribution in [0.2, 0.25) is 5.15 Å². The molecule has 0 aliphatic rings. The normalized spacial score (nSPS) is 12.8. The summed E-state index contributed by atoms with van der Waals surface area (Å²) in [4.78, 5) is 8.29. The molecule has 0 spiro atoms. The van der Waals surface area contributed by atoms with Gasteiger partial charge in [0.15, 0.2) is 0 Å². The van der Waals surface area contributed by atoms with Gasteiger partial charge >= 0.3 is 0 Å². The van der Waals surface area contributed by atoms with Crippen LogP contribution in [0, 0.1) is 0 Å². The van der Waals surface area contributed by atoms with E-state index in [9.17, 15) is 0 Å². The van der Waals surface area contributed by atoms with Gasteiger partial charge < -0.3 is 10.1 Å². The van der Waals surface area contributed by atoms with Crippen LogP contribution in [0.4, 0.5) is 5.82 Å². The topological polar surface area (TPSA) is 47.0 Å². The molecule has 1 aromatic rings. The summed E-state index contributed by atoms with van der Waals surface area (Å²) in [7, 11) is 1.70. The maximum atomic E-state index is 6.11. The van der Waals surface area contributed by atoms with Crippen molar-refractivity contribution >= 4 is 17.4 Å². The number of nitrogens with one attached hydrogen (secondary N) is 1. The van der Waals surface area contributed by atoms with Crippen LogP contribution in [0.5, 0.6) is 0 Å².